The van der Waals surface area contributed by atoms with Crippen LogP contribution in [0.4, 0.5) is 5.69 Å². The molecule has 2 aromatic heterocycles. The van der Waals surface area contributed by atoms with Gasteiger partial charge in [-0.15, -0.1) is 0 Å². The molecule has 0 aliphatic carbocycles. The van der Waals surface area contributed by atoms with Crippen molar-refractivity contribution in [3.63, 3.8) is 0 Å². The number of halogens is 2. The quantitative estimate of drug-likeness (QED) is 0.255. The molecule has 2 atom stereocenters. The Bertz CT molecular complexity index is 1730. The second kappa shape index (κ2) is 13.4. The van der Waals surface area contributed by atoms with Crippen molar-refractivity contribution < 1.29 is 19.4 Å². The van der Waals surface area contributed by atoms with Crippen LogP contribution < -0.4 is 15.4 Å². The molecule has 1 fully saturated rings. The number of nitrogens with zero attached hydrogens (tertiary/aromatic N) is 5. The Kier molecular flexibility index (Phi) is 9.36. The van der Waals surface area contributed by atoms with Gasteiger partial charge in [0, 0.05) is 68.1 Å². The van der Waals surface area contributed by atoms with E-state index in [9.17, 15) is 9.90 Å². The maximum Gasteiger partial charge on any atom is 0.291 e. The van der Waals surface area contributed by atoms with E-state index in [0.717, 1.165) is 24.4 Å². The molecule has 4 aromatic rings. The SMILES string of the molecule is COc1nc(-c2cccc(-c3cccc(NC(=O)c4nc5c(n4C)CCN(C)C5)c3Cl)c2Cl)cnc1CN[C@@H]1CCOC[C@H]1O. The molecule has 3 N–H and O–H groups in total. The average molecular weight is 653 g/mol. The number of hydrogen-bond acceptors (Lipinski definition) is 9. The van der Waals surface area contributed by atoms with Gasteiger partial charge in [0.25, 0.3) is 5.91 Å². The summed E-state index contributed by atoms with van der Waals surface area (Å²) in [5.41, 5.74) is 5.55. The lowest BCUT2D eigenvalue weighted by Gasteiger charge is -2.28. The summed E-state index contributed by atoms with van der Waals surface area (Å²) in [7, 11) is 5.45. The van der Waals surface area contributed by atoms with E-state index in [1.54, 1.807) is 12.3 Å². The third-order valence-electron chi connectivity index (χ3n) is 8.32. The Balaban J connectivity index is 1.24. The monoisotopic (exact) mass is 651 g/mol. The first-order chi connectivity index (χ1) is 21.7. The van der Waals surface area contributed by atoms with Crippen molar-refractivity contribution in [3.8, 4) is 28.3 Å². The first-order valence-corrected chi connectivity index (χ1v) is 15.5. The lowest BCUT2D eigenvalue weighted by molar-refractivity contribution is -0.0281. The zero-order chi connectivity index (χ0) is 31.7. The maximum atomic E-state index is 13.3. The standard InChI is InChI=1S/C32H35Cl2N7O4/c1-40-12-10-26-25(16-40)37-30(41(26)2)31(43)38-22-9-5-7-19(29(22)34)18-6-4-8-20(28(18)33)23-14-36-24(32(39-23)44-3)15-35-21-11-13-45-17-27(21)42/h4-9,14,21,27,35,42H,10-13,15-17H2,1-3H3,(H,38,43)/t21-,27-/m1/s1. The number of aliphatic hydroxyl groups is 1. The summed E-state index contributed by atoms with van der Waals surface area (Å²) in [6, 6.07) is 10.9. The van der Waals surface area contributed by atoms with Gasteiger partial charge in [-0.25, -0.2) is 9.97 Å². The van der Waals surface area contributed by atoms with Crippen LogP contribution in [0.5, 0.6) is 5.88 Å². The molecule has 0 bridgehead atoms. The lowest BCUT2D eigenvalue weighted by Crippen LogP contribution is -2.46. The minimum Gasteiger partial charge on any atom is -0.480 e. The van der Waals surface area contributed by atoms with Crippen molar-refractivity contribution in [2.75, 3.05) is 39.2 Å². The zero-order valence-electron chi connectivity index (χ0n) is 25.3. The highest BCUT2D eigenvalue weighted by molar-refractivity contribution is 6.39. The van der Waals surface area contributed by atoms with E-state index in [4.69, 9.17) is 37.7 Å². The van der Waals surface area contributed by atoms with Crippen molar-refractivity contribution in [3.05, 3.63) is 75.5 Å². The molecule has 1 amide bonds. The molecule has 2 aliphatic heterocycles. The normalized spacial score (nSPS) is 18.4. The number of carbonyl (C=O) groups excluding carboxylic acids is 1. The highest BCUT2D eigenvalue weighted by Gasteiger charge is 2.26. The molecule has 1 saturated heterocycles. The Hall–Kier alpha value is -3.58. The fourth-order valence-corrected chi connectivity index (χ4v) is 6.41. The first-order valence-electron chi connectivity index (χ1n) is 14.8. The van der Waals surface area contributed by atoms with E-state index in [1.807, 2.05) is 49.0 Å². The number of ether oxygens (including phenoxy) is 2. The maximum absolute atomic E-state index is 13.3. The van der Waals surface area contributed by atoms with Crippen molar-refractivity contribution in [1.29, 1.82) is 0 Å². The topological polar surface area (TPSA) is 127 Å². The Morgan fingerprint density at radius 3 is 2.64 bits per heavy atom. The summed E-state index contributed by atoms with van der Waals surface area (Å²) in [6.45, 7) is 2.89. The molecular formula is C32H35Cl2N7O4. The van der Waals surface area contributed by atoms with Gasteiger partial charge >= 0.3 is 0 Å². The molecule has 236 valence electrons. The number of methoxy groups -OCH3 is 1. The number of likely N-dealkylation sites (N-methyl/N-ethyl adjacent to an activating group) is 1. The number of aliphatic hydroxyl groups excluding tert-OH is 1. The van der Waals surface area contributed by atoms with Gasteiger partial charge in [-0.3, -0.25) is 9.78 Å². The van der Waals surface area contributed by atoms with E-state index < -0.39 is 6.10 Å². The molecule has 6 rings (SSSR count). The van der Waals surface area contributed by atoms with Crippen molar-refractivity contribution in [2.24, 2.45) is 7.05 Å². The largest absolute Gasteiger partial charge is 0.480 e. The molecule has 45 heavy (non-hydrogen) atoms. The number of benzene rings is 2. The summed E-state index contributed by atoms with van der Waals surface area (Å²) >= 11 is 13.9. The Labute approximate surface area is 271 Å². The summed E-state index contributed by atoms with van der Waals surface area (Å²) in [4.78, 5) is 29.4. The van der Waals surface area contributed by atoms with Crippen molar-refractivity contribution >= 4 is 34.8 Å². The van der Waals surface area contributed by atoms with Gasteiger partial charge in [0.05, 0.1) is 53.1 Å². The van der Waals surface area contributed by atoms with Gasteiger partial charge in [0.2, 0.25) is 5.88 Å². The zero-order valence-corrected chi connectivity index (χ0v) is 26.8. The number of amides is 1. The smallest absolute Gasteiger partial charge is 0.291 e. The predicted octanol–water partition coefficient (Wildman–Crippen LogP) is 4.34. The number of rotatable bonds is 8. The number of nitrogens with one attached hydrogen (secondary N) is 2. The Morgan fingerprint density at radius 2 is 1.87 bits per heavy atom. The summed E-state index contributed by atoms with van der Waals surface area (Å²) < 4.78 is 12.7. The molecule has 0 saturated carbocycles. The van der Waals surface area contributed by atoms with Gasteiger partial charge in [-0.1, -0.05) is 53.5 Å². The van der Waals surface area contributed by atoms with E-state index in [-0.39, 0.29) is 11.9 Å². The van der Waals surface area contributed by atoms with Crippen LogP contribution in [0.25, 0.3) is 22.4 Å². The summed E-state index contributed by atoms with van der Waals surface area (Å²) in [6.07, 6.45) is 2.60. The van der Waals surface area contributed by atoms with Gasteiger partial charge in [0.1, 0.15) is 5.69 Å². The molecule has 2 aromatic carbocycles. The number of aromatic nitrogens is 4. The molecule has 0 unspecified atom stereocenters. The number of hydrogen-bond donors (Lipinski definition) is 3. The summed E-state index contributed by atoms with van der Waals surface area (Å²) in [5.74, 6) is 0.358. The molecule has 4 heterocycles. The van der Waals surface area contributed by atoms with Crippen LogP contribution in [0, 0.1) is 0 Å². The van der Waals surface area contributed by atoms with Crippen LogP contribution in [0.3, 0.4) is 0 Å². The second-order valence-corrected chi connectivity index (χ2v) is 12.0. The van der Waals surface area contributed by atoms with Crippen molar-refractivity contribution in [2.45, 2.75) is 38.1 Å². The van der Waals surface area contributed by atoms with Gasteiger partial charge in [-0.05, 0) is 19.5 Å². The van der Waals surface area contributed by atoms with Crippen molar-refractivity contribution in [1.82, 2.24) is 29.7 Å². The highest BCUT2D eigenvalue weighted by Crippen LogP contribution is 2.41. The fraction of sp³-hybridized carbons (Fsp3) is 0.375. The van der Waals surface area contributed by atoms with E-state index in [2.05, 4.69) is 25.5 Å². The van der Waals surface area contributed by atoms with Gasteiger partial charge in [0.15, 0.2) is 5.82 Å². The lowest BCUT2D eigenvalue weighted by atomic mass is 10.0. The summed E-state index contributed by atoms with van der Waals surface area (Å²) in [5, 5.41) is 17.2. The third kappa shape index (κ3) is 6.42. The minimum absolute atomic E-state index is 0.0996. The van der Waals surface area contributed by atoms with Crippen LogP contribution in [0.1, 0.15) is 34.1 Å². The molecule has 0 radical (unpaired) electrons. The molecule has 0 spiro atoms. The van der Waals surface area contributed by atoms with Crippen LogP contribution in [-0.2, 0) is 31.3 Å². The van der Waals surface area contributed by atoms with Gasteiger partial charge < -0.3 is 34.7 Å². The molecule has 13 heteroatoms. The minimum atomic E-state index is -0.584. The number of anilines is 1. The van der Waals surface area contributed by atoms with Crippen LogP contribution in [0.15, 0.2) is 42.6 Å². The number of imidazole rings is 1. The average Bonchev–Trinajstić information content (AvgIpc) is 3.37. The van der Waals surface area contributed by atoms with Crippen LogP contribution >= 0.6 is 23.2 Å². The first kappa shape index (κ1) is 31.4. The van der Waals surface area contributed by atoms with E-state index >= 15 is 0 Å². The molecule has 2 aliphatic rings. The van der Waals surface area contributed by atoms with Crippen LogP contribution in [-0.4, -0.2) is 81.5 Å². The highest BCUT2D eigenvalue weighted by atomic mass is 35.5. The fourth-order valence-electron chi connectivity index (χ4n) is 5.81. The predicted molar refractivity (Wildman–Crippen MR) is 173 cm³/mol. The Morgan fingerprint density at radius 1 is 1.11 bits per heavy atom. The molecule has 11 nitrogen and oxygen atoms in total. The third-order valence-corrected chi connectivity index (χ3v) is 9.14. The van der Waals surface area contributed by atoms with E-state index in [0.29, 0.717) is 88.2 Å². The van der Waals surface area contributed by atoms with Crippen LogP contribution in [0.2, 0.25) is 10.0 Å². The number of carbonyl (C=O) groups is 1. The van der Waals surface area contributed by atoms with Gasteiger partial charge in [-0.2, -0.15) is 0 Å². The van der Waals surface area contributed by atoms with E-state index in [1.165, 1.54) is 7.11 Å². The second-order valence-electron chi connectivity index (χ2n) is 11.3. The molecular weight excluding hydrogens is 617 g/mol. The number of fused-ring (bicyclic) bond motifs is 1.